The number of nitrogens with zero attached hydrogens (tertiary/aromatic N) is 2. The average molecular weight is 452 g/mol. The van der Waals surface area contributed by atoms with Crippen LogP contribution in [-0.4, -0.2) is 28.9 Å². The lowest BCUT2D eigenvalue weighted by molar-refractivity contribution is -0.117. The minimum atomic E-state index is -0.168. The fourth-order valence-electron chi connectivity index (χ4n) is 4.14. The van der Waals surface area contributed by atoms with Gasteiger partial charge in [0.25, 0.3) is 0 Å². The summed E-state index contributed by atoms with van der Waals surface area (Å²) in [5.41, 5.74) is 4.73. The molecular weight excluding hydrogens is 426 g/mol. The second-order valence-corrected chi connectivity index (χ2v) is 8.17. The number of hydrogen-bond donors (Lipinski definition) is 1. The van der Waals surface area contributed by atoms with Gasteiger partial charge in [-0.3, -0.25) is 9.89 Å². The highest BCUT2D eigenvalue weighted by atomic mass is 16.5. The summed E-state index contributed by atoms with van der Waals surface area (Å²) in [6.07, 6.45) is 4.45. The SMILES string of the molecule is CCCOc1cc(C2CC(=O)N=Cc3[nH]ncc32)ccc1Oc1ccccc1-c1ccccc1. The Morgan fingerprint density at radius 3 is 2.65 bits per heavy atom. The molecule has 1 aliphatic heterocycles. The molecule has 1 atom stereocenters. The Morgan fingerprint density at radius 2 is 1.79 bits per heavy atom. The van der Waals surface area contributed by atoms with Gasteiger partial charge in [0.2, 0.25) is 5.91 Å². The van der Waals surface area contributed by atoms with Gasteiger partial charge in [-0.05, 0) is 35.7 Å². The van der Waals surface area contributed by atoms with Crippen LogP contribution in [0.15, 0.2) is 84.0 Å². The number of rotatable bonds is 7. The fourth-order valence-corrected chi connectivity index (χ4v) is 4.14. The number of aromatic nitrogens is 2. The third-order valence-corrected chi connectivity index (χ3v) is 5.82. The predicted molar refractivity (Wildman–Crippen MR) is 132 cm³/mol. The molecule has 0 fully saturated rings. The van der Waals surface area contributed by atoms with Gasteiger partial charge in [-0.15, -0.1) is 0 Å². The van der Waals surface area contributed by atoms with E-state index in [-0.39, 0.29) is 18.2 Å². The maximum absolute atomic E-state index is 12.3. The van der Waals surface area contributed by atoms with E-state index in [1.165, 1.54) is 0 Å². The summed E-state index contributed by atoms with van der Waals surface area (Å²) in [7, 11) is 0. The molecule has 1 amide bonds. The second kappa shape index (κ2) is 9.75. The van der Waals surface area contributed by atoms with Crippen LogP contribution in [0.25, 0.3) is 11.1 Å². The molecular formula is C28H25N3O3. The van der Waals surface area contributed by atoms with Crippen molar-refractivity contribution in [3.8, 4) is 28.4 Å². The Kier molecular flexibility index (Phi) is 6.21. The van der Waals surface area contributed by atoms with Crippen molar-refractivity contribution in [2.24, 2.45) is 4.99 Å². The van der Waals surface area contributed by atoms with E-state index in [0.29, 0.717) is 18.1 Å². The van der Waals surface area contributed by atoms with Gasteiger partial charge in [0.05, 0.1) is 24.7 Å². The highest BCUT2D eigenvalue weighted by Crippen LogP contribution is 2.40. The topological polar surface area (TPSA) is 76.6 Å². The molecule has 1 N–H and O–H groups in total. The van der Waals surface area contributed by atoms with Crippen LogP contribution in [0.4, 0.5) is 0 Å². The van der Waals surface area contributed by atoms with Crippen molar-refractivity contribution in [1.29, 1.82) is 0 Å². The monoisotopic (exact) mass is 451 g/mol. The molecule has 1 unspecified atom stereocenters. The maximum atomic E-state index is 12.3. The van der Waals surface area contributed by atoms with E-state index in [2.05, 4.69) is 34.2 Å². The number of amides is 1. The molecule has 34 heavy (non-hydrogen) atoms. The zero-order valence-electron chi connectivity index (χ0n) is 18.9. The largest absolute Gasteiger partial charge is 0.490 e. The van der Waals surface area contributed by atoms with Gasteiger partial charge in [-0.25, -0.2) is 4.99 Å². The van der Waals surface area contributed by atoms with Crippen molar-refractivity contribution in [3.05, 3.63) is 95.8 Å². The Balaban J connectivity index is 1.52. The first-order valence-electron chi connectivity index (χ1n) is 11.4. The molecule has 170 valence electrons. The fraction of sp³-hybridized carbons (Fsp3) is 0.179. The third-order valence-electron chi connectivity index (χ3n) is 5.82. The van der Waals surface area contributed by atoms with Crippen LogP contribution in [0.5, 0.6) is 17.2 Å². The number of para-hydroxylation sites is 1. The molecule has 6 nitrogen and oxygen atoms in total. The molecule has 1 aliphatic rings. The van der Waals surface area contributed by atoms with E-state index in [9.17, 15) is 4.79 Å². The van der Waals surface area contributed by atoms with E-state index in [1.807, 2.05) is 60.7 Å². The third kappa shape index (κ3) is 4.48. The summed E-state index contributed by atoms with van der Waals surface area (Å²) < 4.78 is 12.5. The van der Waals surface area contributed by atoms with Crippen molar-refractivity contribution in [2.75, 3.05) is 6.61 Å². The molecule has 1 aromatic heterocycles. The second-order valence-electron chi connectivity index (χ2n) is 8.17. The standard InChI is InChI=1S/C28H25N3O3/c1-2-14-33-27-15-20(22-16-28(32)29-18-24-23(22)17-30-31-24)12-13-26(27)34-25-11-7-6-10-21(25)19-8-4-3-5-9-19/h3-13,15,17-18,22H,2,14,16H2,1H3,(H,30,31). The van der Waals surface area contributed by atoms with Gasteiger partial charge < -0.3 is 9.47 Å². The molecule has 4 aromatic rings. The summed E-state index contributed by atoms with van der Waals surface area (Å²) in [5, 5.41) is 7.07. The molecule has 0 bridgehead atoms. The molecule has 0 spiro atoms. The summed E-state index contributed by atoms with van der Waals surface area (Å²) in [6.45, 7) is 2.62. The average Bonchev–Trinajstić information content (AvgIpc) is 3.28. The number of carbonyl (C=O) groups is 1. The smallest absolute Gasteiger partial charge is 0.246 e. The number of hydrogen-bond acceptors (Lipinski definition) is 4. The number of carbonyl (C=O) groups excluding carboxylic acids is 1. The highest BCUT2D eigenvalue weighted by molar-refractivity contribution is 5.94. The molecule has 5 rings (SSSR count). The summed E-state index contributed by atoms with van der Waals surface area (Å²) >= 11 is 0. The van der Waals surface area contributed by atoms with E-state index < -0.39 is 0 Å². The van der Waals surface area contributed by atoms with Gasteiger partial charge in [-0.1, -0.05) is 61.5 Å². The Hall–Kier alpha value is -4.19. The predicted octanol–water partition coefficient (Wildman–Crippen LogP) is 6.14. The van der Waals surface area contributed by atoms with E-state index in [0.717, 1.165) is 40.1 Å². The number of nitrogens with one attached hydrogen (secondary N) is 1. The molecule has 3 aromatic carbocycles. The van der Waals surface area contributed by atoms with Crippen LogP contribution in [0.3, 0.4) is 0 Å². The lowest BCUT2D eigenvalue weighted by Crippen LogP contribution is -2.07. The summed E-state index contributed by atoms with van der Waals surface area (Å²) in [5.74, 6) is 1.69. The zero-order valence-corrected chi connectivity index (χ0v) is 18.9. The van der Waals surface area contributed by atoms with Crippen LogP contribution < -0.4 is 9.47 Å². The molecule has 0 aliphatic carbocycles. The normalized spacial score (nSPS) is 15.0. The van der Waals surface area contributed by atoms with Gasteiger partial charge in [0.1, 0.15) is 5.75 Å². The van der Waals surface area contributed by atoms with Crippen LogP contribution >= 0.6 is 0 Å². The number of fused-ring (bicyclic) bond motifs is 1. The first-order chi connectivity index (χ1) is 16.7. The first kappa shape index (κ1) is 21.6. The molecule has 2 heterocycles. The summed E-state index contributed by atoms with van der Waals surface area (Å²) in [4.78, 5) is 16.3. The minimum Gasteiger partial charge on any atom is -0.490 e. The van der Waals surface area contributed by atoms with Crippen LogP contribution in [0.2, 0.25) is 0 Å². The minimum absolute atomic E-state index is 0.164. The number of ether oxygens (including phenoxy) is 2. The number of aromatic amines is 1. The van der Waals surface area contributed by atoms with Crippen molar-refractivity contribution >= 4 is 12.1 Å². The lowest BCUT2D eigenvalue weighted by Gasteiger charge is -2.19. The van der Waals surface area contributed by atoms with Crippen molar-refractivity contribution in [2.45, 2.75) is 25.7 Å². The van der Waals surface area contributed by atoms with Crippen LogP contribution in [0, 0.1) is 0 Å². The van der Waals surface area contributed by atoms with Gasteiger partial charge in [0, 0.05) is 23.5 Å². The van der Waals surface area contributed by atoms with Crippen LogP contribution in [-0.2, 0) is 4.79 Å². The van der Waals surface area contributed by atoms with Crippen LogP contribution in [0.1, 0.15) is 42.5 Å². The van der Waals surface area contributed by atoms with Gasteiger partial charge >= 0.3 is 0 Å². The lowest BCUT2D eigenvalue weighted by atomic mass is 9.89. The quantitative estimate of drug-likeness (QED) is 0.366. The number of aliphatic imine (C=N–C) groups is 1. The first-order valence-corrected chi connectivity index (χ1v) is 11.4. The van der Waals surface area contributed by atoms with Crippen molar-refractivity contribution in [1.82, 2.24) is 10.2 Å². The van der Waals surface area contributed by atoms with Crippen molar-refractivity contribution < 1.29 is 14.3 Å². The van der Waals surface area contributed by atoms with E-state index in [1.54, 1.807) is 12.4 Å². The Labute approximate surface area is 198 Å². The Bertz CT molecular complexity index is 1330. The maximum Gasteiger partial charge on any atom is 0.246 e. The number of benzene rings is 3. The molecule has 6 heteroatoms. The number of H-pyrrole nitrogens is 1. The molecule has 0 saturated heterocycles. The van der Waals surface area contributed by atoms with Crippen molar-refractivity contribution in [3.63, 3.8) is 0 Å². The van der Waals surface area contributed by atoms with Gasteiger partial charge in [-0.2, -0.15) is 5.10 Å². The highest BCUT2D eigenvalue weighted by Gasteiger charge is 2.25. The summed E-state index contributed by atoms with van der Waals surface area (Å²) in [6, 6.07) is 24.0. The van der Waals surface area contributed by atoms with Gasteiger partial charge in [0.15, 0.2) is 11.5 Å². The van der Waals surface area contributed by atoms with E-state index in [4.69, 9.17) is 9.47 Å². The van der Waals surface area contributed by atoms with E-state index >= 15 is 0 Å². The zero-order chi connectivity index (χ0) is 23.3. The molecule has 0 saturated carbocycles. The Morgan fingerprint density at radius 1 is 0.971 bits per heavy atom. The molecule has 0 radical (unpaired) electrons.